The Morgan fingerprint density at radius 1 is 1.37 bits per heavy atom. The molecule has 0 aliphatic heterocycles. The number of nitrogens with two attached hydrogens (primary N) is 1. The largest absolute Gasteiger partial charge is 0.490 e. The molecule has 3 N–H and O–H groups in total. The van der Waals surface area contributed by atoms with Crippen molar-refractivity contribution in [3.05, 3.63) is 23.8 Å². The van der Waals surface area contributed by atoms with E-state index in [0.717, 1.165) is 34.8 Å². The van der Waals surface area contributed by atoms with Crippen LogP contribution in [0.2, 0.25) is 0 Å². The molecule has 1 fully saturated rings. The monoisotopic (exact) mass is 278 g/mol. The summed E-state index contributed by atoms with van der Waals surface area (Å²) in [5, 5.41) is 7.80. The van der Waals surface area contributed by atoms with Crippen LogP contribution >= 0.6 is 11.8 Å². The van der Waals surface area contributed by atoms with Crippen molar-refractivity contribution in [2.75, 3.05) is 5.75 Å². The van der Waals surface area contributed by atoms with Crippen LogP contribution in [0.5, 0.6) is 5.75 Å². The maximum absolute atomic E-state index is 7.80. The molecule has 0 amide bonds. The minimum Gasteiger partial charge on any atom is -0.490 e. The molecular formula is C15H22N2OS. The van der Waals surface area contributed by atoms with Gasteiger partial charge in [0.05, 0.1) is 11.7 Å². The van der Waals surface area contributed by atoms with Gasteiger partial charge < -0.3 is 10.5 Å². The van der Waals surface area contributed by atoms with Crippen LogP contribution in [0.1, 0.15) is 44.6 Å². The molecule has 0 radical (unpaired) electrons. The van der Waals surface area contributed by atoms with Crippen LogP contribution in [0.25, 0.3) is 0 Å². The average Bonchev–Trinajstić information content (AvgIpc) is 2.40. The van der Waals surface area contributed by atoms with Crippen molar-refractivity contribution in [1.82, 2.24) is 0 Å². The molecule has 0 bridgehead atoms. The second-order valence-electron chi connectivity index (χ2n) is 4.85. The molecule has 1 aliphatic carbocycles. The van der Waals surface area contributed by atoms with E-state index >= 15 is 0 Å². The van der Waals surface area contributed by atoms with Crippen LogP contribution in [0, 0.1) is 5.41 Å². The molecule has 0 heterocycles. The highest BCUT2D eigenvalue weighted by Gasteiger charge is 2.19. The molecule has 0 saturated heterocycles. The second kappa shape index (κ2) is 6.85. The van der Waals surface area contributed by atoms with Gasteiger partial charge >= 0.3 is 0 Å². The minimum atomic E-state index is 0.0994. The average molecular weight is 278 g/mol. The fraction of sp³-hybridized carbons (Fsp3) is 0.533. The number of hydrogen-bond acceptors (Lipinski definition) is 3. The summed E-state index contributed by atoms with van der Waals surface area (Å²) < 4.78 is 6.10. The summed E-state index contributed by atoms with van der Waals surface area (Å²) >= 11 is 1.71. The van der Waals surface area contributed by atoms with Crippen molar-refractivity contribution < 1.29 is 4.74 Å². The van der Waals surface area contributed by atoms with Gasteiger partial charge in [0.15, 0.2) is 0 Å². The summed E-state index contributed by atoms with van der Waals surface area (Å²) in [7, 11) is 0. The molecule has 1 aliphatic rings. The molecule has 1 saturated carbocycles. The fourth-order valence-corrected chi connectivity index (χ4v) is 3.35. The number of thioether (sulfide) groups is 1. The van der Waals surface area contributed by atoms with Crippen molar-refractivity contribution >= 4 is 17.6 Å². The van der Waals surface area contributed by atoms with Crippen LogP contribution < -0.4 is 10.5 Å². The number of nitrogens with one attached hydrogen (secondary N) is 1. The van der Waals surface area contributed by atoms with E-state index in [1.165, 1.54) is 19.3 Å². The standard InChI is InChI=1S/C15H22N2OS/c1-2-19-13-10-6-9-12(14(13)15(16)17)18-11-7-4-3-5-8-11/h6,9-11H,2-5,7-8H2,1H3,(H3,16,17). The molecule has 1 aromatic rings. The van der Waals surface area contributed by atoms with Gasteiger partial charge in [0.25, 0.3) is 0 Å². The smallest absolute Gasteiger partial charge is 0.131 e. The Morgan fingerprint density at radius 2 is 2.11 bits per heavy atom. The number of amidine groups is 1. The zero-order chi connectivity index (χ0) is 13.7. The lowest BCUT2D eigenvalue weighted by atomic mass is 9.97. The quantitative estimate of drug-likeness (QED) is 0.489. The van der Waals surface area contributed by atoms with Crippen molar-refractivity contribution in [3.63, 3.8) is 0 Å². The van der Waals surface area contributed by atoms with Crippen LogP contribution in [-0.4, -0.2) is 17.7 Å². The Balaban J connectivity index is 2.22. The molecular weight excluding hydrogens is 256 g/mol. The highest BCUT2D eigenvalue weighted by molar-refractivity contribution is 7.99. The molecule has 19 heavy (non-hydrogen) atoms. The molecule has 0 atom stereocenters. The summed E-state index contributed by atoms with van der Waals surface area (Å²) in [6.45, 7) is 2.10. The van der Waals surface area contributed by atoms with Gasteiger partial charge in [-0.25, -0.2) is 0 Å². The zero-order valence-corrected chi connectivity index (χ0v) is 12.3. The molecule has 1 aromatic carbocycles. The number of rotatable bonds is 5. The van der Waals surface area contributed by atoms with Crippen molar-refractivity contribution in [2.24, 2.45) is 5.73 Å². The van der Waals surface area contributed by atoms with Gasteiger partial charge in [0.2, 0.25) is 0 Å². The number of hydrogen-bond donors (Lipinski definition) is 2. The lowest BCUT2D eigenvalue weighted by Gasteiger charge is -2.24. The van der Waals surface area contributed by atoms with E-state index < -0.39 is 0 Å². The summed E-state index contributed by atoms with van der Waals surface area (Å²) in [5.41, 5.74) is 6.50. The number of ether oxygens (including phenoxy) is 1. The molecule has 0 aromatic heterocycles. The molecule has 104 valence electrons. The molecule has 4 heteroatoms. The van der Waals surface area contributed by atoms with Gasteiger partial charge in [-0.05, 0) is 43.6 Å². The third kappa shape index (κ3) is 3.66. The lowest BCUT2D eigenvalue weighted by molar-refractivity contribution is 0.154. The van der Waals surface area contributed by atoms with Crippen molar-refractivity contribution in [3.8, 4) is 5.75 Å². The van der Waals surface area contributed by atoms with Crippen LogP contribution in [0.15, 0.2) is 23.1 Å². The summed E-state index contributed by atoms with van der Waals surface area (Å²) in [6.07, 6.45) is 6.30. The van der Waals surface area contributed by atoms with Crippen molar-refractivity contribution in [2.45, 2.75) is 50.0 Å². The van der Waals surface area contributed by atoms with E-state index in [1.54, 1.807) is 11.8 Å². The Hall–Kier alpha value is -1.16. The van der Waals surface area contributed by atoms with Crippen LogP contribution in [0.3, 0.4) is 0 Å². The van der Waals surface area contributed by atoms with Gasteiger partial charge in [-0.15, -0.1) is 11.8 Å². The highest BCUT2D eigenvalue weighted by Crippen LogP contribution is 2.32. The maximum atomic E-state index is 7.80. The first-order valence-electron chi connectivity index (χ1n) is 6.99. The van der Waals surface area contributed by atoms with Crippen molar-refractivity contribution in [1.29, 1.82) is 5.41 Å². The van der Waals surface area contributed by atoms with E-state index in [9.17, 15) is 0 Å². The van der Waals surface area contributed by atoms with Gasteiger partial charge in [0.1, 0.15) is 11.6 Å². The first-order chi connectivity index (χ1) is 9.22. The lowest BCUT2D eigenvalue weighted by Crippen LogP contribution is -2.22. The van der Waals surface area contributed by atoms with E-state index in [1.807, 2.05) is 18.2 Å². The summed E-state index contributed by atoms with van der Waals surface area (Å²) in [5.74, 6) is 1.84. The van der Waals surface area contributed by atoms with Crippen LogP contribution in [-0.2, 0) is 0 Å². The highest BCUT2D eigenvalue weighted by atomic mass is 32.2. The normalized spacial score (nSPS) is 16.3. The third-order valence-electron chi connectivity index (χ3n) is 3.40. The van der Waals surface area contributed by atoms with E-state index in [4.69, 9.17) is 15.9 Å². The third-order valence-corrected chi connectivity index (χ3v) is 4.34. The second-order valence-corrected chi connectivity index (χ2v) is 6.16. The Kier molecular flexibility index (Phi) is 5.14. The fourth-order valence-electron chi connectivity index (χ4n) is 2.51. The van der Waals surface area contributed by atoms with Gasteiger partial charge in [-0.3, -0.25) is 5.41 Å². The number of benzene rings is 1. The van der Waals surface area contributed by atoms with E-state index in [2.05, 4.69) is 6.92 Å². The zero-order valence-electron chi connectivity index (χ0n) is 11.4. The van der Waals surface area contributed by atoms with E-state index in [0.29, 0.717) is 0 Å². The van der Waals surface area contributed by atoms with E-state index in [-0.39, 0.29) is 11.9 Å². The van der Waals surface area contributed by atoms with Gasteiger partial charge in [-0.1, -0.05) is 19.4 Å². The SMILES string of the molecule is CCSc1cccc(OC2CCCCC2)c1C(=N)N. The molecule has 0 spiro atoms. The first-order valence-corrected chi connectivity index (χ1v) is 7.97. The first kappa shape index (κ1) is 14.3. The van der Waals surface area contributed by atoms with Gasteiger partial charge in [0, 0.05) is 4.90 Å². The Labute approximate surface area is 119 Å². The Bertz CT molecular complexity index is 442. The molecule has 3 nitrogen and oxygen atoms in total. The minimum absolute atomic E-state index is 0.0994. The predicted octanol–water partition coefficient (Wildman–Crippen LogP) is 3.79. The summed E-state index contributed by atoms with van der Waals surface area (Å²) in [4.78, 5) is 1.04. The van der Waals surface area contributed by atoms with Gasteiger partial charge in [-0.2, -0.15) is 0 Å². The number of nitrogen functional groups attached to an aromatic ring is 1. The predicted molar refractivity (Wildman–Crippen MR) is 81.4 cm³/mol. The topological polar surface area (TPSA) is 59.1 Å². The molecule has 0 unspecified atom stereocenters. The Morgan fingerprint density at radius 3 is 2.74 bits per heavy atom. The maximum Gasteiger partial charge on any atom is 0.131 e. The van der Waals surface area contributed by atoms with Crippen LogP contribution in [0.4, 0.5) is 0 Å². The molecule has 2 rings (SSSR count). The summed E-state index contributed by atoms with van der Waals surface area (Å²) in [6, 6.07) is 5.94.